The summed E-state index contributed by atoms with van der Waals surface area (Å²) in [5, 5.41) is 34.1. The zero-order valence-corrected chi connectivity index (χ0v) is 29.8. The summed E-state index contributed by atoms with van der Waals surface area (Å²) in [5.41, 5.74) is 4.74. The van der Waals surface area contributed by atoms with Crippen LogP contribution in [0.1, 0.15) is 82.8 Å². The van der Waals surface area contributed by atoms with Gasteiger partial charge in [0, 0.05) is 37.0 Å². The summed E-state index contributed by atoms with van der Waals surface area (Å²) < 4.78 is 18.1. The van der Waals surface area contributed by atoms with Crippen molar-refractivity contribution < 1.29 is 29.7 Å². The van der Waals surface area contributed by atoms with Gasteiger partial charge in [0.1, 0.15) is 11.4 Å². The number of rotatable bonds is 14. The maximum Gasteiger partial charge on any atom is 0.274 e. The zero-order chi connectivity index (χ0) is 35.9. The lowest BCUT2D eigenvalue weighted by Gasteiger charge is -2.36. The van der Waals surface area contributed by atoms with E-state index in [9.17, 15) is 29.7 Å². The van der Waals surface area contributed by atoms with E-state index >= 15 is 0 Å². The fraction of sp³-hybridized carbons (Fsp3) is 0.378. The topological polar surface area (TPSA) is 157 Å². The Morgan fingerprint density at radius 3 is 2.34 bits per heavy atom. The van der Waals surface area contributed by atoms with Gasteiger partial charge in [0.2, 0.25) is 0 Å². The average molecular weight is 703 g/mol. The fourth-order valence-electron chi connectivity index (χ4n) is 6.17. The quantitative estimate of drug-likeness (QED) is 0.0941. The monoisotopic (exact) mass is 702 g/mol. The minimum Gasteiger partial charge on any atom is -0.588 e. The van der Waals surface area contributed by atoms with E-state index < -0.39 is 17.4 Å². The molecule has 12 nitrogen and oxygen atoms in total. The molecule has 50 heavy (non-hydrogen) atoms. The van der Waals surface area contributed by atoms with Gasteiger partial charge in [-0.15, -0.1) is 5.23 Å². The van der Waals surface area contributed by atoms with Crippen LogP contribution >= 0.6 is 0 Å². The molecule has 1 aliphatic rings. The fourth-order valence-corrected chi connectivity index (χ4v) is 7.21. The minimum absolute atomic E-state index is 0.0369. The van der Waals surface area contributed by atoms with Crippen molar-refractivity contribution in [3.05, 3.63) is 100 Å². The largest absolute Gasteiger partial charge is 0.588 e. The number of nitrogens with one attached hydrogen (secondary N) is 1. The summed E-state index contributed by atoms with van der Waals surface area (Å²) in [4.78, 5) is 32.1. The number of unbranched alkanes of at least 4 members (excludes halogenated alkanes) is 2. The number of aromatic nitrogens is 2. The van der Waals surface area contributed by atoms with Gasteiger partial charge in [-0.2, -0.15) is 5.10 Å². The van der Waals surface area contributed by atoms with Crippen LogP contribution in [0.4, 0.5) is 11.4 Å². The van der Waals surface area contributed by atoms with Crippen LogP contribution in [0.2, 0.25) is 0 Å². The van der Waals surface area contributed by atoms with Crippen molar-refractivity contribution in [3.8, 4) is 5.69 Å². The molecule has 1 aromatic heterocycles. The van der Waals surface area contributed by atoms with E-state index in [1.54, 1.807) is 46.8 Å². The van der Waals surface area contributed by atoms with Crippen LogP contribution in [0.15, 0.2) is 71.6 Å². The van der Waals surface area contributed by atoms with Gasteiger partial charge < -0.3 is 19.5 Å². The number of aliphatic hydroxyl groups is 1. The summed E-state index contributed by atoms with van der Waals surface area (Å²) >= 11 is -1.84. The van der Waals surface area contributed by atoms with E-state index in [1.165, 1.54) is 12.1 Å². The minimum atomic E-state index is -1.84. The van der Waals surface area contributed by atoms with Crippen molar-refractivity contribution in [3.63, 3.8) is 0 Å². The molecule has 0 bridgehead atoms. The first kappa shape index (κ1) is 36.9. The Labute approximate surface area is 296 Å². The van der Waals surface area contributed by atoms with Gasteiger partial charge in [-0.05, 0) is 74.6 Å². The lowest BCUT2D eigenvalue weighted by atomic mass is 9.93. The number of fused-ring (bicyclic) bond motifs is 1. The van der Waals surface area contributed by atoms with Gasteiger partial charge in [0.15, 0.2) is 10.6 Å². The number of anilines is 2. The molecule has 0 aliphatic carbocycles. The first-order chi connectivity index (χ1) is 24.1. The number of hydrogen-bond acceptors (Lipinski definition) is 9. The molecule has 3 aromatic carbocycles. The third kappa shape index (κ3) is 8.14. The first-order valence-corrected chi connectivity index (χ1v) is 18.2. The summed E-state index contributed by atoms with van der Waals surface area (Å²) in [6.07, 6.45) is 4.18. The van der Waals surface area contributed by atoms with Crippen LogP contribution < -0.4 is 9.95 Å². The molecule has 13 heteroatoms. The van der Waals surface area contributed by atoms with Crippen LogP contribution in [0.3, 0.4) is 0 Å². The average Bonchev–Trinajstić information content (AvgIpc) is 3.51. The number of hydrogen-bond donors (Lipinski definition) is 4. The second-order valence-corrected chi connectivity index (χ2v) is 13.8. The Balaban J connectivity index is 1.55. The van der Waals surface area contributed by atoms with Crippen LogP contribution in [0, 0.1) is 13.8 Å². The van der Waals surface area contributed by atoms with Gasteiger partial charge in [-0.1, -0.05) is 57.0 Å². The van der Waals surface area contributed by atoms with Crippen molar-refractivity contribution >= 4 is 34.6 Å². The molecule has 0 saturated carbocycles. The highest BCUT2D eigenvalue weighted by molar-refractivity contribution is 7.92. The van der Waals surface area contributed by atoms with Gasteiger partial charge >= 0.3 is 0 Å². The van der Waals surface area contributed by atoms with E-state index in [1.807, 2.05) is 36.1 Å². The van der Waals surface area contributed by atoms with Crippen LogP contribution in [-0.4, -0.2) is 77.2 Å². The second-order valence-electron chi connectivity index (χ2n) is 12.7. The number of nitrogens with zero attached hydrogens (tertiary/aromatic N) is 5. The van der Waals surface area contributed by atoms with Crippen LogP contribution in [0.25, 0.3) is 5.69 Å². The zero-order valence-electron chi connectivity index (χ0n) is 29.0. The van der Waals surface area contributed by atoms with Crippen molar-refractivity contribution in [2.75, 3.05) is 29.6 Å². The Morgan fingerprint density at radius 2 is 1.68 bits per heavy atom. The number of aliphatic hydroxyl groups excluding tert-OH is 1. The molecule has 266 valence electrons. The van der Waals surface area contributed by atoms with Crippen molar-refractivity contribution in [2.45, 2.75) is 77.3 Å². The molecule has 2 amide bonds. The van der Waals surface area contributed by atoms with Gasteiger partial charge in [-0.25, -0.2) is 9.40 Å². The van der Waals surface area contributed by atoms with Crippen molar-refractivity contribution in [2.24, 2.45) is 0 Å². The summed E-state index contributed by atoms with van der Waals surface area (Å²) in [5.74, 6) is -0.516. The molecule has 2 heterocycles. The number of amides is 2. The molecule has 0 saturated heterocycles. The molecule has 0 spiro atoms. The van der Waals surface area contributed by atoms with Crippen molar-refractivity contribution in [1.82, 2.24) is 19.6 Å². The molecule has 4 N–H and O–H groups in total. The molecule has 0 fully saturated rings. The Morgan fingerprint density at radius 1 is 0.980 bits per heavy atom. The maximum atomic E-state index is 14.6. The SMILES string of the molecule is CCCCN(CCCC)C(=O)c1cc(C)n(-c2ccc(N[S+]([O-])c3cc(N(O)O)ccc3C)cc2C(=O)N2Cc3ccccc3C[C@H]2CO)n1. The molecule has 1 unspecified atom stereocenters. The van der Waals surface area contributed by atoms with Gasteiger partial charge in [0.25, 0.3) is 11.8 Å². The normalized spacial score (nSPS) is 14.6. The molecular formula is C37H46N6O6S. The summed E-state index contributed by atoms with van der Waals surface area (Å²) in [6.45, 7) is 9.10. The van der Waals surface area contributed by atoms with E-state index in [2.05, 4.69) is 18.6 Å². The van der Waals surface area contributed by atoms with Crippen molar-refractivity contribution in [1.29, 1.82) is 0 Å². The van der Waals surface area contributed by atoms with Crippen LogP contribution in [0.5, 0.6) is 0 Å². The summed E-state index contributed by atoms with van der Waals surface area (Å²) in [7, 11) is 0. The lowest BCUT2D eigenvalue weighted by molar-refractivity contribution is 0.0290. The number of aryl methyl sites for hydroxylation is 2. The molecule has 0 radical (unpaired) electrons. The summed E-state index contributed by atoms with van der Waals surface area (Å²) in [6, 6.07) is 18.6. The smallest absolute Gasteiger partial charge is 0.274 e. The standard InChI is InChI=1S/C37H46N6O6S/c1-5-7-17-40(18-8-6-2)37(46)33-19-26(4)42(38-33)34-16-14-29(39-50(49)35-22-30(43(47)48)15-13-25(35)3)21-32(34)36(45)41-23-28-12-10-9-11-27(28)20-31(41)24-44/h9-16,19,21-22,31,39,44,47-48H,5-8,17-18,20,23-24H2,1-4H3/t31-,50?/m0/s1. The molecule has 2 atom stereocenters. The number of carbonyl (C=O) groups is 2. The van der Waals surface area contributed by atoms with E-state index in [0.717, 1.165) is 36.8 Å². The molecule has 1 aliphatic heterocycles. The highest BCUT2D eigenvalue weighted by Crippen LogP contribution is 2.30. The Hall–Kier alpha value is -4.40. The lowest BCUT2D eigenvalue weighted by Crippen LogP contribution is -2.46. The highest BCUT2D eigenvalue weighted by atomic mass is 32.2. The second kappa shape index (κ2) is 16.5. The number of carbonyl (C=O) groups excluding carboxylic acids is 2. The van der Waals surface area contributed by atoms with Crippen LogP contribution in [-0.2, 0) is 24.3 Å². The van der Waals surface area contributed by atoms with Gasteiger partial charge in [-0.3, -0.25) is 20.0 Å². The maximum absolute atomic E-state index is 14.6. The highest BCUT2D eigenvalue weighted by Gasteiger charge is 2.32. The van der Waals surface area contributed by atoms with E-state index in [4.69, 9.17) is 5.10 Å². The van der Waals surface area contributed by atoms with Gasteiger partial charge in [0.05, 0.1) is 35.3 Å². The molecular weight excluding hydrogens is 657 g/mol. The predicted molar refractivity (Wildman–Crippen MR) is 192 cm³/mol. The Bertz CT molecular complexity index is 1800. The predicted octanol–water partition coefficient (Wildman–Crippen LogP) is 5.81. The molecule has 5 rings (SSSR count). The third-order valence-corrected chi connectivity index (χ3v) is 10.3. The molecule has 4 aromatic rings. The van der Waals surface area contributed by atoms with E-state index in [-0.39, 0.29) is 40.6 Å². The Kier molecular flexibility index (Phi) is 12.2. The third-order valence-electron chi connectivity index (χ3n) is 9.05. The first-order valence-electron chi connectivity index (χ1n) is 17.0. The van der Waals surface area contributed by atoms with E-state index in [0.29, 0.717) is 53.6 Å². The number of benzene rings is 3.